The molecule has 2 rings (SSSR count). The Morgan fingerprint density at radius 3 is 1.89 bits per heavy atom. The molecule has 0 bridgehead atoms. The zero-order valence-electron chi connectivity index (χ0n) is 17.0. The van der Waals surface area contributed by atoms with Crippen molar-refractivity contribution in [3.05, 3.63) is 60.7 Å². The average molecular weight is 386 g/mol. The van der Waals surface area contributed by atoms with Gasteiger partial charge in [0.05, 0.1) is 7.11 Å². The lowest BCUT2D eigenvalue weighted by Gasteiger charge is -2.43. The van der Waals surface area contributed by atoms with Crippen molar-refractivity contribution in [2.75, 3.05) is 14.2 Å². The van der Waals surface area contributed by atoms with Crippen LogP contribution in [-0.4, -0.2) is 38.2 Å². The topological polar surface area (TPSA) is 49.8 Å². The van der Waals surface area contributed by atoms with E-state index in [2.05, 4.69) is 13.8 Å². The molecular formula is C22H31NO3Si. The quantitative estimate of drug-likeness (QED) is 0.561. The molecular weight excluding hydrogens is 354 g/mol. The summed E-state index contributed by atoms with van der Waals surface area (Å²) in [6.45, 7) is 6.18. The fourth-order valence-electron chi connectivity index (χ4n) is 3.82. The van der Waals surface area contributed by atoms with E-state index in [9.17, 15) is 9.59 Å². The van der Waals surface area contributed by atoms with Gasteiger partial charge in [-0.1, -0.05) is 81.4 Å². The Bertz CT molecular complexity index is 694. The van der Waals surface area contributed by atoms with E-state index in [1.807, 2.05) is 67.6 Å². The number of hydrogen-bond donors (Lipinski definition) is 1. The van der Waals surface area contributed by atoms with Gasteiger partial charge in [-0.05, 0) is 28.3 Å². The van der Waals surface area contributed by atoms with Crippen LogP contribution in [0.3, 0.4) is 0 Å². The number of carbonyl (C=O) groups is 1. The molecule has 0 aliphatic rings. The summed E-state index contributed by atoms with van der Waals surface area (Å²) in [5.41, 5.74) is 0. The molecule has 2 aromatic carbocycles. The van der Waals surface area contributed by atoms with Crippen molar-refractivity contribution < 1.29 is 14.4 Å². The van der Waals surface area contributed by atoms with Gasteiger partial charge in [-0.2, -0.15) is 0 Å². The SMILES string of the molecule is CCC(CC(C)(C)[Si](O)(c1ccccc1)c1ccccc1)C(=O)N(C)OC. The van der Waals surface area contributed by atoms with Crippen LogP contribution < -0.4 is 10.4 Å². The second-order valence-electron chi connectivity index (χ2n) is 7.65. The summed E-state index contributed by atoms with van der Waals surface area (Å²) in [5.74, 6) is -0.262. The van der Waals surface area contributed by atoms with Crippen LogP contribution in [0.1, 0.15) is 33.6 Å². The summed E-state index contributed by atoms with van der Waals surface area (Å²) < 4.78 is 0. The van der Waals surface area contributed by atoms with E-state index in [0.717, 1.165) is 10.4 Å². The smallest absolute Gasteiger partial charge is 0.258 e. The van der Waals surface area contributed by atoms with Crippen LogP contribution in [-0.2, 0) is 9.63 Å². The molecule has 1 atom stereocenters. The van der Waals surface area contributed by atoms with Crippen LogP contribution in [0.25, 0.3) is 0 Å². The predicted molar refractivity (Wildman–Crippen MR) is 112 cm³/mol. The number of nitrogens with zero attached hydrogens (tertiary/aromatic N) is 1. The molecule has 146 valence electrons. The third kappa shape index (κ3) is 4.31. The summed E-state index contributed by atoms with van der Waals surface area (Å²) >= 11 is 0. The van der Waals surface area contributed by atoms with Gasteiger partial charge < -0.3 is 4.80 Å². The van der Waals surface area contributed by atoms with Gasteiger partial charge in [0.2, 0.25) is 5.91 Å². The summed E-state index contributed by atoms with van der Waals surface area (Å²) in [7, 11) is 0.0191. The lowest BCUT2D eigenvalue weighted by atomic mass is 9.93. The van der Waals surface area contributed by atoms with Crippen LogP contribution in [0.15, 0.2) is 60.7 Å². The molecule has 1 amide bonds. The molecule has 0 spiro atoms. The summed E-state index contributed by atoms with van der Waals surface area (Å²) in [5, 5.41) is 2.75. The maximum atomic E-state index is 12.7. The standard InChI is InChI=1S/C22H31NO3Si/c1-6-18(21(24)23(4)26-5)17-22(2,3)27(25,19-13-9-7-10-14-19)20-15-11-8-12-16-20/h7-16,18,25H,6,17H2,1-5H3. The molecule has 0 aromatic heterocycles. The van der Waals surface area contributed by atoms with E-state index in [0.29, 0.717) is 12.8 Å². The van der Waals surface area contributed by atoms with Crippen molar-refractivity contribution in [2.45, 2.75) is 38.7 Å². The van der Waals surface area contributed by atoms with E-state index < -0.39 is 13.4 Å². The Morgan fingerprint density at radius 2 is 1.52 bits per heavy atom. The number of hydroxylamine groups is 2. The first-order valence-corrected chi connectivity index (χ1v) is 11.4. The monoisotopic (exact) mass is 385 g/mol. The lowest BCUT2D eigenvalue weighted by molar-refractivity contribution is -0.174. The molecule has 0 aliphatic heterocycles. The molecule has 0 saturated heterocycles. The minimum atomic E-state index is -3.11. The molecule has 0 radical (unpaired) electrons. The van der Waals surface area contributed by atoms with Crippen molar-refractivity contribution in [1.82, 2.24) is 5.06 Å². The number of amides is 1. The normalized spacial score (nSPS) is 13.3. The molecule has 0 saturated carbocycles. The third-order valence-corrected chi connectivity index (χ3v) is 10.0. The van der Waals surface area contributed by atoms with Gasteiger partial charge in [0.25, 0.3) is 8.32 Å². The van der Waals surface area contributed by atoms with Crippen LogP contribution >= 0.6 is 0 Å². The first kappa shape index (κ1) is 21.3. The van der Waals surface area contributed by atoms with Crippen LogP contribution in [0.4, 0.5) is 0 Å². The Balaban J connectivity index is 2.50. The van der Waals surface area contributed by atoms with E-state index in [1.54, 1.807) is 7.05 Å². The lowest BCUT2D eigenvalue weighted by Crippen LogP contribution is -2.65. The highest BCUT2D eigenvalue weighted by molar-refractivity contribution is 6.98. The highest BCUT2D eigenvalue weighted by Gasteiger charge is 2.51. The van der Waals surface area contributed by atoms with Gasteiger partial charge in [-0.15, -0.1) is 0 Å². The van der Waals surface area contributed by atoms with Gasteiger partial charge in [0.15, 0.2) is 0 Å². The Labute approximate surface area is 163 Å². The zero-order chi connectivity index (χ0) is 20.1. The molecule has 4 nitrogen and oxygen atoms in total. The van der Waals surface area contributed by atoms with Gasteiger partial charge in [-0.3, -0.25) is 9.63 Å². The van der Waals surface area contributed by atoms with Crippen molar-refractivity contribution in [3.8, 4) is 0 Å². The van der Waals surface area contributed by atoms with Crippen molar-refractivity contribution >= 4 is 24.6 Å². The predicted octanol–water partition coefficient (Wildman–Crippen LogP) is 2.95. The molecule has 1 N–H and O–H groups in total. The minimum Gasteiger partial charge on any atom is -0.424 e. The average Bonchev–Trinajstić information content (AvgIpc) is 2.71. The van der Waals surface area contributed by atoms with E-state index in [-0.39, 0.29) is 11.8 Å². The molecule has 27 heavy (non-hydrogen) atoms. The van der Waals surface area contributed by atoms with Crippen molar-refractivity contribution in [2.24, 2.45) is 5.92 Å². The molecule has 1 unspecified atom stereocenters. The zero-order valence-corrected chi connectivity index (χ0v) is 18.0. The number of carbonyl (C=O) groups excluding carboxylic acids is 1. The van der Waals surface area contributed by atoms with E-state index >= 15 is 0 Å². The maximum absolute atomic E-state index is 12.7. The number of rotatable bonds is 8. The van der Waals surface area contributed by atoms with Crippen LogP contribution in [0.2, 0.25) is 5.04 Å². The van der Waals surface area contributed by atoms with Gasteiger partial charge in [-0.25, -0.2) is 5.06 Å². The summed E-state index contributed by atoms with van der Waals surface area (Å²) in [6.07, 6.45) is 1.28. The first-order valence-electron chi connectivity index (χ1n) is 9.43. The van der Waals surface area contributed by atoms with Crippen molar-refractivity contribution in [1.29, 1.82) is 0 Å². The Kier molecular flexibility index (Phi) is 6.98. The Hall–Kier alpha value is -1.95. The second kappa shape index (κ2) is 8.82. The van der Waals surface area contributed by atoms with E-state index in [1.165, 1.54) is 12.2 Å². The molecule has 0 aliphatic carbocycles. The molecule has 5 heteroatoms. The fourth-order valence-corrected chi connectivity index (χ4v) is 7.61. The summed E-state index contributed by atoms with van der Waals surface area (Å²) in [6, 6.07) is 19.8. The highest BCUT2D eigenvalue weighted by atomic mass is 28.4. The van der Waals surface area contributed by atoms with Gasteiger partial charge in [0.1, 0.15) is 0 Å². The Morgan fingerprint density at radius 1 is 1.07 bits per heavy atom. The molecule has 0 heterocycles. The largest absolute Gasteiger partial charge is 0.424 e. The van der Waals surface area contributed by atoms with E-state index in [4.69, 9.17) is 4.84 Å². The first-order chi connectivity index (χ1) is 12.8. The summed E-state index contributed by atoms with van der Waals surface area (Å²) in [4.78, 5) is 30.0. The third-order valence-electron chi connectivity index (χ3n) is 5.55. The van der Waals surface area contributed by atoms with Gasteiger partial charge >= 0.3 is 0 Å². The fraction of sp³-hybridized carbons (Fsp3) is 0.409. The van der Waals surface area contributed by atoms with Crippen LogP contribution in [0, 0.1) is 5.92 Å². The number of hydrogen-bond acceptors (Lipinski definition) is 3. The van der Waals surface area contributed by atoms with Gasteiger partial charge in [0, 0.05) is 13.0 Å². The highest BCUT2D eigenvalue weighted by Crippen LogP contribution is 2.42. The maximum Gasteiger partial charge on any atom is 0.258 e. The van der Waals surface area contributed by atoms with Crippen molar-refractivity contribution in [3.63, 3.8) is 0 Å². The molecule has 2 aromatic rings. The molecule has 0 fully saturated rings. The number of benzene rings is 2. The minimum absolute atomic E-state index is 0.0504. The second-order valence-corrected chi connectivity index (χ2v) is 11.6. The van der Waals surface area contributed by atoms with Crippen LogP contribution in [0.5, 0.6) is 0 Å².